The molecule has 16 heavy (non-hydrogen) atoms. The van der Waals surface area contributed by atoms with Gasteiger partial charge in [0.1, 0.15) is 6.10 Å². The topological polar surface area (TPSA) is 54.4 Å². The molecule has 1 aromatic rings. The van der Waals surface area contributed by atoms with E-state index in [9.17, 15) is 13.5 Å². The molecule has 7 heteroatoms. The van der Waals surface area contributed by atoms with Crippen LogP contribution < -0.4 is 0 Å². The Morgan fingerprint density at radius 1 is 1.50 bits per heavy atom. The van der Waals surface area contributed by atoms with E-state index >= 15 is 0 Å². The first-order valence-corrected chi connectivity index (χ1v) is 7.90. The van der Waals surface area contributed by atoms with E-state index in [1.807, 2.05) is 0 Å². The number of hydrogen-bond donors (Lipinski definition) is 1. The van der Waals surface area contributed by atoms with E-state index in [4.69, 9.17) is 23.2 Å². The average Bonchev–Trinajstić information content (AvgIpc) is 2.14. The van der Waals surface area contributed by atoms with E-state index in [2.05, 4.69) is 0 Å². The van der Waals surface area contributed by atoms with Gasteiger partial charge in [0.25, 0.3) is 0 Å². The molecule has 0 aliphatic heterocycles. The summed E-state index contributed by atoms with van der Waals surface area (Å²) >= 11 is 13.1. The standard InChI is InChI=1S/C9H9Cl2IO3S/c1-16(14,15)9(11,12)8(13)6-3-2-4-7(10)5-6/h2-5,8,13H,1H3. The van der Waals surface area contributed by atoms with Crippen LogP contribution in [0.3, 0.4) is 0 Å². The van der Waals surface area contributed by atoms with Crippen molar-refractivity contribution in [1.29, 1.82) is 0 Å². The second-order valence-corrected chi connectivity index (χ2v) is 9.81. The maximum atomic E-state index is 11.4. The summed E-state index contributed by atoms with van der Waals surface area (Å²) in [5, 5.41) is 10.3. The summed E-state index contributed by atoms with van der Waals surface area (Å²) in [4.78, 5) is 0. The number of aliphatic hydroxyl groups is 1. The molecule has 0 fully saturated rings. The van der Waals surface area contributed by atoms with E-state index < -0.39 is 18.2 Å². The summed E-state index contributed by atoms with van der Waals surface area (Å²) in [6, 6.07) is 6.29. The Morgan fingerprint density at radius 3 is 2.50 bits per heavy atom. The zero-order valence-corrected chi connectivity index (χ0v) is 12.7. The molecule has 0 amide bonds. The minimum atomic E-state index is -3.60. The molecule has 2 unspecified atom stereocenters. The molecule has 0 saturated heterocycles. The Labute approximate surface area is 118 Å². The highest BCUT2D eigenvalue weighted by molar-refractivity contribution is 14.1. The monoisotopic (exact) mass is 394 g/mol. The fourth-order valence-electron chi connectivity index (χ4n) is 1.07. The number of hydrogen-bond acceptors (Lipinski definition) is 3. The Hall–Kier alpha value is 0.440. The number of sulfone groups is 1. The van der Waals surface area contributed by atoms with Crippen molar-refractivity contribution < 1.29 is 13.5 Å². The third kappa shape index (κ3) is 3.01. The van der Waals surface area contributed by atoms with Gasteiger partial charge in [0.05, 0.1) is 0 Å². The molecule has 0 heterocycles. The maximum Gasteiger partial charge on any atom is 0.224 e. The molecule has 0 spiro atoms. The van der Waals surface area contributed by atoms with Crippen molar-refractivity contribution in [2.45, 2.75) is 8.32 Å². The lowest BCUT2D eigenvalue weighted by Gasteiger charge is -2.24. The summed E-state index contributed by atoms with van der Waals surface area (Å²) < 4.78 is 21.0. The van der Waals surface area contributed by atoms with Gasteiger partial charge in [-0.1, -0.05) is 35.3 Å². The van der Waals surface area contributed by atoms with E-state index in [0.29, 0.717) is 10.6 Å². The van der Waals surface area contributed by atoms with Crippen molar-refractivity contribution >= 4 is 55.6 Å². The third-order valence-electron chi connectivity index (χ3n) is 1.98. The Kier molecular flexibility index (Phi) is 4.51. The van der Waals surface area contributed by atoms with Crippen LogP contribution >= 0.6 is 45.8 Å². The van der Waals surface area contributed by atoms with Gasteiger partial charge in [-0.05, 0) is 40.3 Å². The summed E-state index contributed by atoms with van der Waals surface area (Å²) in [6.45, 7) is 0. The van der Waals surface area contributed by atoms with E-state index in [1.54, 1.807) is 18.2 Å². The zero-order valence-electron chi connectivity index (χ0n) is 8.19. The second-order valence-electron chi connectivity index (χ2n) is 3.29. The van der Waals surface area contributed by atoms with E-state index in [1.165, 1.54) is 28.7 Å². The summed E-state index contributed by atoms with van der Waals surface area (Å²) in [7, 11) is -3.60. The van der Waals surface area contributed by atoms with Crippen molar-refractivity contribution in [3.05, 3.63) is 34.9 Å². The van der Waals surface area contributed by atoms with Crippen LogP contribution in [-0.2, 0) is 9.84 Å². The van der Waals surface area contributed by atoms with Gasteiger partial charge in [-0.3, -0.25) is 0 Å². The number of aliphatic hydroxyl groups excluding tert-OH is 1. The van der Waals surface area contributed by atoms with Gasteiger partial charge < -0.3 is 5.11 Å². The molecule has 0 radical (unpaired) electrons. The van der Waals surface area contributed by atoms with Gasteiger partial charge in [0.15, 0.2) is 9.84 Å². The lowest BCUT2D eigenvalue weighted by Crippen LogP contribution is -2.31. The van der Waals surface area contributed by atoms with Gasteiger partial charge in [-0.15, -0.1) is 0 Å². The SMILES string of the molecule is CS(=O)(=O)C(Cl)(I)C(O)c1cccc(Cl)c1. The number of alkyl halides is 2. The molecule has 0 bridgehead atoms. The molecule has 1 aromatic carbocycles. The van der Waals surface area contributed by atoms with Crippen LogP contribution in [0, 0.1) is 0 Å². The van der Waals surface area contributed by atoms with Gasteiger partial charge in [0.2, 0.25) is 2.21 Å². The number of rotatable bonds is 3. The molecule has 2 atom stereocenters. The molecule has 3 nitrogen and oxygen atoms in total. The predicted octanol–water partition coefficient (Wildman–Crippen LogP) is 2.75. The van der Waals surface area contributed by atoms with Gasteiger partial charge in [-0.2, -0.15) is 0 Å². The van der Waals surface area contributed by atoms with Gasteiger partial charge in [0, 0.05) is 11.3 Å². The average molecular weight is 395 g/mol. The van der Waals surface area contributed by atoms with Crippen LogP contribution in [0.15, 0.2) is 24.3 Å². The maximum absolute atomic E-state index is 11.4. The smallest absolute Gasteiger partial charge is 0.224 e. The normalized spacial score (nSPS) is 17.8. The van der Waals surface area contributed by atoms with Gasteiger partial charge in [-0.25, -0.2) is 8.42 Å². The van der Waals surface area contributed by atoms with Crippen LogP contribution in [0.1, 0.15) is 11.7 Å². The first-order valence-electron chi connectivity index (χ1n) is 4.17. The fourth-order valence-corrected chi connectivity index (χ4v) is 2.30. The van der Waals surface area contributed by atoms with Crippen LogP contribution in [0.2, 0.25) is 5.02 Å². The van der Waals surface area contributed by atoms with E-state index in [0.717, 1.165) is 6.26 Å². The van der Waals surface area contributed by atoms with Crippen molar-refractivity contribution in [3.63, 3.8) is 0 Å². The highest BCUT2D eigenvalue weighted by Gasteiger charge is 2.44. The first kappa shape index (κ1) is 14.5. The first-order chi connectivity index (χ1) is 7.16. The Bertz CT molecular complexity index is 487. The van der Waals surface area contributed by atoms with Crippen LogP contribution in [-0.4, -0.2) is 22.0 Å². The summed E-state index contributed by atoms with van der Waals surface area (Å²) in [5.74, 6) is 0. The van der Waals surface area contributed by atoms with Crippen LogP contribution in [0.5, 0.6) is 0 Å². The van der Waals surface area contributed by atoms with Gasteiger partial charge >= 0.3 is 0 Å². The quantitative estimate of drug-likeness (QED) is 0.633. The molecule has 0 saturated carbocycles. The molecular formula is C9H9Cl2IO3S. The van der Waals surface area contributed by atoms with Crippen molar-refractivity contribution in [3.8, 4) is 0 Å². The number of benzene rings is 1. The van der Waals surface area contributed by atoms with Crippen molar-refractivity contribution in [2.24, 2.45) is 0 Å². The van der Waals surface area contributed by atoms with E-state index in [-0.39, 0.29) is 0 Å². The third-order valence-corrected chi connectivity index (χ3v) is 7.46. The van der Waals surface area contributed by atoms with Crippen LogP contribution in [0.25, 0.3) is 0 Å². The lowest BCUT2D eigenvalue weighted by atomic mass is 10.1. The largest absolute Gasteiger partial charge is 0.385 e. The molecule has 0 aromatic heterocycles. The molecule has 1 rings (SSSR count). The molecule has 1 N–H and O–H groups in total. The minimum absolute atomic E-state index is 0.363. The molecular weight excluding hydrogens is 386 g/mol. The molecule has 0 aliphatic carbocycles. The zero-order chi connectivity index (χ0) is 12.6. The second kappa shape index (κ2) is 4.97. The molecule has 90 valence electrons. The summed E-state index contributed by atoms with van der Waals surface area (Å²) in [6.07, 6.45) is -0.372. The summed E-state index contributed by atoms with van der Waals surface area (Å²) in [5.41, 5.74) is 0.363. The number of halogens is 3. The Balaban J connectivity index is 3.17. The van der Waals surface area contributed by atoms with Crippen molar-refractivity contribution in [2.75, 3.05) is 6.26 Å². The fraction of sp³-hybridized carbons (Fsp3) is 0.333. The predicted molar refractivity (Wildman–Crippen MR) is 73.9 cm³/mol. The molecule has 0 aliphatic rings. The Morgan fingerprint density at radius 2 is 2.06 bits per heavy atom. The minimum Gasteiger partial charge on any atom is -0.385 e. The highest BCUT2D eigenvalue weighted by Crippen LogP contribution is 2.42. The van der Waals surface area contributed by atoms with Crippen LogP contribution in [0.4, 0.5) is 0 Å². The lowest BCUT2D eigenvalue weighted by molar-refractivity contribution is 0.188. The highest BCUT2D eigenvalue weighted by atomic mass is 127. The van der Waals surface area contributed by atoms with Crippen molar-refractivity contribution in [1.82, 2.24) is 0 Å².